The molecule has 194 valence electrons. The first-order chi connectivity index (χ1) is 17.3. The predicted molar refractivity (Wildman–Crippen MR) is 142 cm³/mol. The lowest BCUT2D eigenvalue weighted by Gasteiger charge is -2.42. The summed E-state index contributed by atoms with van der Waals surface area (Å²) in [5.41, 5.74) is 4.70. The van der Waals surface area contributed by atoms with Gasteiger partial charge in [0, 0.05) is 34.7 Å². The monoisotopic (exact) mass is 497 g/mol. The number of H-pyrrole nitrogens is 1. The third kappa shape index (κ3) is 5.40. The quantitative estimate of drug-likeness (QED) is 0.224. The predicted octanol–water partition coefficient (Wildman–Crippen LogP) is 6.88. The van der Waals surface area contributed by atoms with E-state index in [1.54, 1.807) is 6.07 Å². The Labute approximate surface area is 212 Å². The molecule has 4 rings (SSSR count). The summed E-state index contributed by atoms with van der Waals surface area (Å²) in [6, 6.07) is 10.6. The maximum absolute atomic E-state index is 16.1. The van der Waals surface area contributed by atoms with Gasteiger partial charge < -0.3 is 10.3 Å². The van der Waals surface area contributed by atoms with Crippen LogP contribution in [0.25, 0.3) is 10.9 Å². The molecule has 6 heteroatoms. The zero-order valence-electron chi connectivity index (χ0n) is 21.6. The molecule has 36 heavy (non-hydrogen) atoms. The number of hydrogen-bond acceptors (Lipinski definition) is 2. The average Bonchev–Trinajstić information content (AvgIpc) is 3.22. The Hall–Kier alpha value is -2.57. The van der Waals surface area contributed by atoms with Crippen LogP contribution in [0.4, 0.5) is 13.2 Å². The lowest BCUT2D eigenvalue weighted by atomic mass is 9.86. The molecule has 2 heterocycles. The number of aromatic nitrogens is 1. The second-order valence-electron chi connectivity index (χ2n) is 10.3. The molecular weight excluding hydrogens is 459 g/mol. The number of nitrogens with one attached hydrogen (secondary N) is 2. The first-order valence-electron chi connectivity index (χ1n) is 13.1. The fraction of sp³-hybridized carbons (Fsp3) is 0.467. The van der Waals surface area contributed by atoms with Crippen molar-refractivity contribution in [3.05, 3.63) is 82.6 Å². The normalized spacial score (nSPS) is 18.9. The van der Waals surface area contributed by atoms with Crippen molar-refractivity contribution in [1.29, 1.82) is 0 Å². The summed E-state index contributed by atoms with van der Waals surface area (Å²) in [6.07, 6.45) is 2.47. The van der Waals surface area contributed by atoms with Gasteiger partial charge in [-0.25, -0.2) is 8.78 Å². The molecule has 0 spiro atoms. The fourth-order valence-electron chi connectivity index (χ4n) is 5.35. The second kappa shape index (κ2) is 11.7. The molecule has 0 fully saturated rings. The minimum Gasteiger partial charge on any atom is -0.357 e. The van der Waals surface area contributed by atoms with Crippen LogP contribution < -0.4 is 5.32 Å². The van der Waals surface area contributed by atoms with Crippen molar-refractivity contribution in [3.8, 4) is 0 Å². The fourth-order valence-corrected chi connectivity index (χ4v) is 5.35. The molecule has 1 aliphatic heterocycles. The molecule has 2 unspecified atom stereocenters. The molecule has 0 aliphatic carbocycles. The number of alkyl halides is 1. The number of aromatic amines is 1. The van der Waals surface area contributed by atoms with Gasteiger partial charge in [0.2, 0.25) is 0 Å². The molecule has 0 bridgehead atoms. The third-order valence-corrected chi connectivity index (χ3v) is 7.61. The molecule has 0 radical (unpaired) electrons. The van der Waals surface area contributed by atoms with E-state index in [0.29, 0.717) is 44.5 Å². The van der Waals surface area contributed by atoms with Gasteiger partial charge in [-0.05, 0) is 81.8 Å². The smallest absolute Gasteiger partial charge is 0.134 e. The van der Waals surface area contributed by atoms with Crippen molar-refractivity contribution in [2.45, 2.75) is 58.5 Å². The van der Waals surface area contributed by atoms with Crippen molar-refractivity contribution >= 4 is 10.9 Å². The summed E-state index contributed by atoms with van der Waals surface area (Å²) in [4.78, 5) is 5.76. The Balaban J connectivity index is 1.75. The van der Waals surface area contributed by atoms with Crippen LogP contribution in [-0.4, -0.2) is 42.2 Å². The van der Waals surface area contributed by atoms with Crippen molar-refractivity contribution in [1.82, 2.24) is 15.2 Å². The van der Waals surface area contributed by atoms with Crippen LogP contribution in [0, 0.1) is 17.6 Å². The van der Waals surface area contributed by atoms with E-state index in [9.17, 15) is 4.39 Å². The highest BCUT2D eigenvalue weighted by molar-refractivity contribution is 5.85. The van der Waals surface area contributed by atoms with Gasteiger partial charge in [0.05, 0.1) is 12.7 Å². The minimum absolute atomic E-state index is 0.102. The summed E-state index contributed by atoms with van der Waals surface area (Å²) >= 11 is 0. The van der Waals surface area contributed by atoms with Gasteiger partial charge >= 0.3 is 0 Å². The van der Waals surface area contributed by atoms with Crippen LogP contribution in [0.1, 0.15) is 62.0 Å². The molecule has 0 amide bonds. The average molecular weight is 498 g/mol. The molecular formula is C30H38F3N3. The summed E-state index contributed by atoms with van der Waals surface area (Å²) in [6.45, 7) is 12.0. The number of hydrogen-bond donors (Lipinski definition) is 2. The Bertz CT molecular complexity index is 1200. The summed E-state index contributed by atoms with van der Waals surface area (Å²) in [5.74, 6) is -0.796. The van der Waals surface area contributed by atoms with Crippen LogP contribution in [0.3, 0.4) is 0 Å². The lowest BCUT2D eigenvalue weighted by Crippen LogP contribution is -2.45. The molecule has 1 aromatic heterocycles. The highest BCUT2D eigenvalue weighted by atomic mass is 19.1. The number of benzene rings is 2. The number of fused-ring (bicyclic) bond motifs is 3. The minimum atomic E-state index is -0.555. The van der Waals surface area contributed by atoms with E-state index in [1.165, 1.54) is 6.07 Å². The summed E-state index contributed by atoms with van der Waals surface area (Å²) in [5, 5.41) is 4.30. The van der Waals surface area contributed by atoms with Gasteiger partial charge in [-0.2, -0.15) is 0 Å². The topological polar surface area (TPSA) is 31.1 Å². The summed E-state index contributed by atoms with van der Waals surface area (Å²) in [7, 11) is 0. The maximum Gasteiger partial charge on any atom is 0.134 e. The van der Waals surface area contributed by atoms with E-state index in [4.69, 9.17) is 0 Å². The Morgan fingerprint density at radius 1 is 1.17 bits per heavy atom. The van der Waals surface area contributed by atoms with Crippen molar-refractivity contribution in [2.75, 3.05) is 26.3 Å². The second-order valence-corrected chi connectivity index (χ2v) is 10.3. The first-order valence-corrected chi connectivity index (χ1v) is 13.1. The molecule has 2 aromatic carbocycles. The standard InChI is InChI=1S/C30H38F3N3/c1-19(2)20(3)18-36-21(4)17-24-23-10-5-6-11-26(23)35-29(24)30(36)27-25(32)13-12-22(28(27)33)9-7-15-34-16-8-14-31/h5-6,10-13,20-21,30,34-35H,1,7-9,14-18H2,2-4H3/t20?,21-,30?/m1/s1. The molecule has 0 saturated carbocycles. The Kier molecular flexibility index (Phi) is 8.58. The molecule has 0 saturated heterocycles. The van der Waals surface area contributed by atoms with Gasteiger partial charge in [0.25, 0.3) is 0 Å². The van der Waals surface area contributed by atoms with E-state index >= 15 is 8.78 Å². The SMILES string of the molecule is C=C(C)C(C)CN1C(c2c(F)ccc(CCCNCCCF)c2F)c2[nH]c3ccccc3c2C[C@H]1C. The number of halogens is 3. The van der Waals surface area contributed by atoms with E-state index in [1.807, 2.05) is 25.1 Å². The highest BCUT2D eigenvalue weighted by Crippen LogP contribution is 2.43. The van der Waals surface area contributed by atoms with Gasteiger partial charge in [-0.3, -0.25) is 9.29 Å². The maximum atomic E-state index is 16.1. The Morgan fingerprint density at radius 2 is 1.92 bits per heavy atom. The van der Waals surface area contributed by atoms with Crippen LogP contribution in [0.15, 0.2) is 48.6 Å². The van der Waals surface area contributed by atoms with E-state index in [2.05, 4.69) is 41.7 Å². The molecule has 1 aliphatic rings. The Morgan fingerprint density at radius 3 is 2.67 bits per heavy atom. The highest BCUT2D eigenvalue weighted by Gasteiger charge is 2.39. The van der Waals surface area contributed by atoms with Gasteiger partial charge in [0.15, 0.2) is 0 Å². The lowest BCUT2D eigenvalue weighted by molar-refractivity contribution is 0.129. The van der Waals surface area contributed by atoms with Gasteiger partial charge in [-0.1, -0.05) is 43.3 Å². The van der Waals surface area contributed by atoms with Crippen LogP contribution in [0.5, 0.6) is 0 Å². The summed E-state index contributed by atoms with van der Waals surface area (Å²) < 4.78 is 44.0. The van der Waals surface area contributed by atoms with E-state index in [0.717, 1.165) is 34.2 Å². The van der Waals surface area contributed by atoms with Crippen LogP contribution >= 0.6 is 0 Å². The molecule has 3 nitrogen and oxygen atoms in total. The number of rotatable bonds is 11. The molecule has 2 N–H and O–H groups in total. The van der Waals surface area contributed by atoms with Crippen molar-refractivity contribution < 1.29 is 13.2 Å². The van der Waals surface area contributed by atoms with Gasteiger partial charge in [-0.15, -0.1) is 0 Å². The number of para-hydroxylation sites is 1. The first kappa shape index (κ1) is 26.5. The van der Waals surface area contributed by atoms with Crippen molar-refractivity contribution in [3.63, 3.8) is 0 Å². The molecule has 3 atom stereocenters. The zero-order valence-corrected chi connectivity index (χ0v) is 21.6. The van der Waals surface area contributed by atoms with Crippen molar-refractivity contribution in [2.24, 2.45) is 5.92 Å². The van der Waals surface area contributed by atoms with E-state index in [-0.39, 0.29) is 24.2 Å². The van der Waals surface area contributed by atoms with E-state index < -0.39 is 17.7 Å². The number of aryl methyl sites for hydroxylation is 1. The van der Waals surface area contributed by atoms with Gasteiger partial charge in [0.1, 0.15) is 11.6 Å². The third-order valence-electron chi connectivity index (χ3n) is 7.61. The molecule has 3 aromatic rings. The van der Waals surface area contributed by atoms with Crippen LogP contribution in [-0.2, 0) is 12.8 Å². The zero-order chi connectivity index (χ0) is 25.8. The largest absolute Gasteiger partial charge is 0.357 e. The van der Waals surface area contributed by atoms with Crippen LogP contribution in [0.2, 0.25) is 0 Å². The number of nitrogens with zero attached hydrogens (tertiary/aromatic N) is 1.